The topological polar surface area (TPSA) is 62.7 Å². The van der Waals surface area contributed by atoms with Crippen molar-refractivity contribution in [2.24, 2.45) is 5.92 Å². The summed E-state index contributed by atoms with van der Waals surface area (Å²) in [5.74, 6) is -0.311. The Kier molecular flexibility index (Phi) is 5.90. The molecule has 2 aliphatic rings. The van der Waals surface area contributed by atoms with E-state index in [0.717, 1.165) is 24.1 Å². The molecule has 1 aromatic heterocycles. The number of amides is 2. The van der Waals surface area contributed by atoms with Crippen LogP contribution in [0.25, 0.3) is 0 Å². The van der Waals surface area contributed by atoms with Crippen LogP contribution in [0.5, 0.6) is 0 Å². The summed E-state index contributed by atoms with van der Waals surface area (Å²) in [6.45, 7) is 1.44. The first-order valence-corrected chi connectivity index (χ1v) is 10.2. The molecular formula is C23H27N3O3. The van der Waals surface area contributed by atoms with Crippen molar-refractivity contribution in [3.05, 3.63) is 66.0 Å². The van der Waals surface area contributed by atoms with Gasteiger partial charge in [-0.25, -0.2) is 0 Å². The Morgan fingerprint density at radius 3 is 2.59 bits per heavy atom. The summed E-state index contributed by atoms with van der Waals surface area (Å²) < 4.78 is 5.21. The number of pyridine rings is 1. The van der Waals surface area contributed by atoms with Crippen LogP contribution < -0.4 is 0 Å². The summed E-state index contributed by atoms with van der Waals surface area (Å²) in [6, 6.07) is 15.6. The van der Waals surface area contributed by atoms with Gasteiger partial charge in [-0.15, -0.1) is 0 Å². The van der Waals surface area contributed by atoms with Crippen molar-refractivity contribution in [2.75, 3.05) is 20.3 Å². The number of methoxy groups -OCH3 is 1. The van der Waals surface area contributed by atoms with Gasteiger partial charge in [0.1, 0.15) is 0 Å². The zero-order valence-corrected chi connectivity index (χ0v) is 16.7. The number of carbonyl (C=O) groups is 2. The molecule has 6 heteroatoms. The molecule has 0 radical (unpaired) electrons. The van der Waals surface area contributed by atoms with Gasteiger partial charge in [-0.2, -0.15) is 0 Å². The molecule has 2 fully saturated rings. The predicted molar refractivity (Wildman–Crippen MR) is 109 cm³/mol. The Hall–Kier alpha value is -2.73. The number of likely N-dealkylation sites (tertiary alicyclic amines) is 1. The van der Waals surface area contributed by atoms with Gasteiger partial charge in [0.25, 0.3) is 0 Å². The summed E-state index contributed by atoms with van der Waals surface area (Å²) in [5.41, 5.74) is 1.88. The molecule has 0 N–H and O–H groups in total. The van der Waals surface area contributed by atoms with Crippen molar-refractivity contribution < 1.29 is 14.3 Å². The maximum absolute atomic E-state index is 13.7. The number of carbonyl (C=O) groups excluding carboxylic acids is 2. The van der Waals surface area contributed by atoms with Crippen LogP contribution in [-0.2, 0) is 20.9 Å². The van der Waals surface area contributed by atoms with Crippen LogP contribution >= 0.6 is 0 Å². The lowest BCUT2D eigenvalue weighted by Crippen LogP contribution is -2.40. The zero-order valence-electron chi connectivity index (χ0n) is 16.7. The second-order valence-corrected chi connectivity index (χ2v) is 7.76. The van der Waals surface area contributed by atoms with E-state index in [0.29, 0.717) is 19.7 Å². The van der Waals surface area contributed by atoms with Crippen LogP contribution in [0.15, 0.2) is 54.7 Å². The van der Waals surface area contributed by atoms with Crippen molar-refractivity contribution in [2.45, 2.75) is 37.9 Å². The lowest BCUT2D eigenvalue weighted by molar-refractivity contribution is -0.138. The van der Waals surface area contributed by atoms with E-state index in [9.17, 15) is 9.59 Å². The summed E-state index contributed by atoms with van der Waals surface area (Å²) in [4.78, 5) is 34.7. The molecule has 2 amide bonds. The molecule has 6 nitrogen and oxygen atoms in total. The lowest BCUT2D eigenvalue weighted by atomic mass is 9.92. The smallest absolute Gasteiger partial charge is 0.229 e. The summed E-state index contributed by atoms with van der Waals surface area (Å²) >= 11 is 0. The molecule has 29 heavy (non-hydrogen) atoms. The number of hydrogen-bond donors (Lipinski definition) is 0. The second kappa shape index (κ2) is 8.74. The minimum atomic E-state index is -0.383. The highest BCUT2D eigenvalue weighted by Gasteiger charge is 2.47. The number of ether oxygens (including phenoxy) is 1. The molecule has 1 aliphatic heterocycles. The van der Waals surface area contributed by atoms with E-state index in [-0.39, 0.29) is 36.2 Å². The van der Waals surface area contributed by atoms with Gasteiger partial charge in [-0.3, -0.25) is 14.6 Å². The van der Waals surface area contributed by atoms with E-state index in [1.165, 1.54) is 0 Å². The van der Waals surface area contributed by atoms with Gasteiger partial charge in [0, 0.05) is 32.3 Å². The maximum Gasteiger partial charge on any atom is 0.229 e. The van der Waals surface area contributed by atoms with Gasteiger partial charge in [-0.05, 0) is 30.5 Å². The molecule has 1 saturated carbocycles. The van der Waals surface area contributed by atoms with Gasteiger partial charge in [0.15, 0.2) is 0 Å². The highest BCUT2D eigenvalue weighted by molar-refractivity contribution is 5.90. The summed E-state index contributed by atoms with van der Waals surface area (Å²) in [7, 11) is 1.63. The summed E-state index contributed by atoms with van der Waals surface area (Å²) in [5, 5.41) is 0. The third kappa shape index (κ3) is 4.32. The molecule has 4 rings (SSSR count). The van der Waals surface area contributed by atoms with Crippen molar-refractivity contribution in [1.29, 1.82) is 0 Å². The Morgan fingerprint density at radius 1 is 1.17 bits per heavy atom. The van der Waals surface area contributed by atoms with Crippen LogP contribution in [0.2, 0.25) is 0 Å². The molecular weight excluding hydrogens is 366 g/mol. The minimum Gasteiger partial charge on any atom is -0.383 e. The van der Waals surface area contributed by atoms with E-state index in [1.807, 2.05) is 58.3 Å². The zero-order chi connectivity index (χ0) is 20.2. The average molecular weight is 393 g/mol. The predicted octanol–water partition coefficient (Wildman–Crippen LogP) is 2.81. The highest BCUT2D eigenvalue weighted by atomic mass is 16.5. The Morgan fingerprint density at radius 2 is 1.93 bits per heavy atom. The minimum absolute atomic E-state index is 0.0165. The molecule has 1 aromatic carbocycles. The first-order valence-electron chi connectivity index (χ1n) is 10.2. The number of benzene rings is 1. The molecule has 152 valence electrons. The molecule has 0 unspecified atom stereocenters. The van der Waals surface area contributed by atoms with Gasteiger partial charge in [0.2, 0.25) is 11.8 Å². The number of hydrogen-bond acceptors (Lipinski definition) is 4. The van der Waals surface area contributed by atoms with E-state index in [4.69, 9.17) is 4.74 Å². The van der Waals surface area contributed by atoms with Crippen LogP contribution in [0.3, 0.4) is 0 Å². The maximum atomic E-state index is 13.7. The van der Waals surface area contributed by atoms with Crippen LogP contribution in [0.4, 0.5) is 0 Å². The van der Waals surface area contributed by atoms with Crippen molar-refractivity contribution in [3.63, 3.8) is 0 Å². The van der Waals surface area contributed by atoms with Crippen LogP contribution in [0.1, 0.15) is 36.6 Å². The van der Waals surface area contributed by atoms with E-state index in [2.05, 4.69) is 4.98 Å². The van der Waals surface area contributed by atoms with Gasteiger partial charge in [0.05, 0.1) is 30.8 Å². The monoisotopic (exact) mass is 393 g/mol. The standard InChI is InChI=1S/C23H27N3O3/c1-29-14-13-25-21(27)15-20(22(25)17-7-3-2-4-8-17)23(28)26(19-10-11-19)16-18-9-5-6-12-24-18/h2-9,12,19-20,22H,10-11,13-16H2,1H3/t20-,22+/m1/s1. The molecule has 0 bridgehead atoms. The average Bonchev–Trinajstić information content (AvgIpc) is 3.54. The number of aromatic nitrogens is 1. The SMILES string of the molecule is COCCN1C(=O)C[C@@H](C(=O)N(Cc2ccccn2)C2CC2)[C@@H]1c1ccccc1. The largest absolute Gasteiger partial charge is 0.383 e. The molecule has 2 aromatic rings. The van der Waals surface area contributed by atoms with E-state index in [1.54, 1.807) is 13.3 Å². The number of rotatable bonds is 8. The normalized spacial score (nSPS) is 21.4. The fourth-order valence-electron chi connectivity index (χ4n) is 4.18. The number of nitrogens with zero attached hydrogens (tertiary/aromatic N) is 3. The Bertz CT molecular complexity index is 839. The molecule has 1 saturated heterocycles. The van der Waals surface area contributed by atoms with E-state index < -0.39 is 0 Å². The molecule has 2 atom stereocenters. The first-order chi connectivity index (χ1) is 14.2. The Balaban J connectivity index is 1.61. The lowest BCUT2D eigenvalue weighted by Gasteiger charge is -2.31. The highest BCUT2D eigenvalue weighted by Crippen LogP contribution is 2.41. The fourth-order valence-corrected chi connectivity index (χ4v) is 4.18. The van der Waals surface area contributed by atoms with Gasteiger partial charge >= 0.3 is 0 Å². The van der Waals surface area contributed by atoms with Crippen molar-refractivity contribution >= 4 is 11.8 Å². The summed E-state index contributed by atoms with van der Waals surface area (Å²) in [6.07, 6.45) is 4.03. The molecule has 0 spiro atoms. The first kappa shape index (κ1) is 19.6. The Labute approximate surface area is 171 Å². The third-order valence-corrected chi connectivity index (χ3v) is 5.76. The van der Waals surface area contributed by atoms with Gasteiger partial charge < -0.3 is 14.5 Å². The van der Waals surface area contributed by atoms with Crippen LogP contribution in [0, 0.1) is 5.92 Å². The fraction of sp³-hybridized carbons (Fsp3) is 0.435. The quantitative estimate of drug-likeness (QED) is 0.692. The van der Waals surface area contributed by atoms with Gasteiger partial charge in [-0.1, -0.05) is 36.4 Å². The van der Waals surface area contributed by atoms with Crippen LogP contribution in [-0.4, -0.2) is 52.9 Å². The van der Waals surface area contributed by atoms with E-state index >= 15 is 0 Å². The second-order valence-electron chi connectivity index (χ2n) is 7.76. The molecule has 1 aliphatic carbocycles. The third-order valence-electron chi connectivity index (χ3n) is 5.76. The molecule has 2 heterocycles. The van der Waals surface area contributed by atoms with Crippen molar-refractivity contribution in [1.82, 2.24) is 14.8 Å². The van der Waals surface area contributed by atoms with Crippen molar-refractivity contribution in [3.8, 4) is 0 Å².